The molecule has 1 aliphatic heterocycles. The molecule has 0 N–H and O–H groups in total. The molecule has 1 saturated heterocycles. The molecule has 84 valence electrons. The third-order valence-electron chi connectivity index (χ3n) is 4.27. The molecule has 3 fully saturated rings. The molecule has 3 heteroatoms. The second-order valence-electron chi connectivity index (χ2n) is 5.66. The van der Waals surface area contributed by atoms with Crippen LogP contribution in [0.3, 0.4) is 0 Å². The first-order valence-corrected chi connectivity index (χ1v) is 5.99. The normalized spacial score (nSPS) is 35.1. The fourth-order valence-electron chi connectivity index (χ4n) is 2.89. The van der Waals surface area contributed by atoms with Crippen molar-refractivity contribution in [3.05, 3.63) is 0 Å². The molecule has 1 amide bonds. The zero-order valence-corrected chi connectivity index (χ0v) is 9.37. The van der Waals surface area contributed by atoms with E-state index in [9.17, 15) is 4.79 Å². The highest BCUT2D eigenvalue weighted by Gasteiger charge is 2.49. The Morgan fingerprint density at radius 3 is 2.60 bits per heavy atom. The Hall–Kier alpha value is -0.570. The van der Waals surface area contributed by atoms with E-state index in [0.29, 0.717) is 5.91 Å². The molecule has 0 aromatic heterocycles. The molecule has 0 spiro atoms. The van der Waals surface area contributed by atoms with Crippen molar-refractivity contribution >= 4 is 5.91 Å². The van der Waals surface area contributed by atoms with Gasteiger partial charge in [0.15, 0.2) is 0 Å². The molecular formula is C12H19NO2. The topological polar surface area (TPSA) is 29.5 Å². The lowest BCUT2D eigenvalue weighted by Crippen LogP contribution is -2.32. The Bertz CT molecular complexity index is 275. The summed E-state index contributed by atoms with van der Waals surface area (Å²) >= 11 is 0. The van der Waals surface area contributed by atoms with E-state index in [4.69, 9.17) is 4.74 Å². The maximum atomic E-state index is 12.0. The quantitative estimate of drug-likeness (QED) is 0.698. The second kappa shape index (κ2) is 3.21. The van der Waals surface area contributed by atoms with Crippen LogP contribution in [0.5, 0.6) is 0 Å². The smallest absolute Gasteiger partial charge is 0.223 e. The van der Waals surface area contributed by atoms with Crippen LogP contribution < -0.4 is 0 Å². The van der Waals surface area contributed by atoms with Gasteiger partial charge in [-0.2, -0.15) is 0 Å². The van der Waals surface area contributed by atoms with Crippen molar-refractivity contribution in [1.29, 1.82) is 0 Å². The summed E-state index contributed by atoms with van der Waals surface area (Å²) in [4.78, 5) is 14.1. The van der Waals surface area contributed by atoms with E-state index in [1.165, 1.54) is 19.3 Å². The number of rotatable bonds is 4. The summed E-state index contributed by atoms with van der Waals surface area (Å²) in [7, 11) is 1.73. The minimum absolute atomic E-state index is 0.221. The molecule has 2 aliphatic carbocycles. The molecular weight excluding hydrogens is 190 g/mol. The highest BCUT2D eigenvalue weighted by molar-refractivity contribution is 5.78. The molecule has 3 rings (SSSR count). The van der Waals surface area contributed by atoms with E-state index in [-0.39, 0.29) is 5.41 Å². The van der Waals surface area contributed by atoms with Gasteiger partial charge >= 0.3 is 0 Å². The van der Waals surface area contributed by atoms with Crippen LogP contribution in [0.1, 0.15) is 25.7 Å². The van der Waals surface area contributed by atoms with Gasteiger partial charge in [0.25, 0.3) is 0 Å². The number of carbonyl (C=O) groups excluding carboxylic acids is 1. The third-order valence-corrected chi connectivity index (χ3v) is 4.27. The average molecular weight is 209 g/mol. The molecule has 3 aliphatic rings. The number of ether oxygens (including phenoxy) is 1. The van der Waals surface area contributed by atoms with Gasteiger partial charge in [-0.15, -0.1) is 0 Å². The molecule has 15 heavy (non-hydrogen) atoms. The fourth-order valence-corrected chi connectivity index (χ4v) is 2.89. The van der Waals surface area contributed by atoms with Crippen molar-refractivity contribution in [2.24, 2.45) is 17.3 Å². The van der Waals surface area contributed by atoms with Gasteiger partial charge in [0.1, 0.15) is 0 Å². The largest absolute Gasteiger partial charge is 0.384 e. The fraction of sp³-hybridized carbons (Fsp3) is 0.917. The van der Waals surface area contributed by atoms with Gasteiger partial charge in [0.2, 0.25) is 5.91 Å². The van der Waals surface area contributed by atoms with Crippen LogP contribution in [0.4, 0.5) is 0 Å². The zero-order valence-electron chi connectivity index (χ0n) is 9.37. The summed E-state index contributed by atoms with van der Waals surface area (Å²) in [5.74, 6) is 2.08. The van der Waals surface area contributed by atoms with Crippen LogP contribution in [0, 0.1) is 17.3 Å². The first-order chi connectivity index (χ1) is 7.22. The Balaban J connectivity index is 1.52. The van der Waals surface area contributed by atoms with Gasteiger partial charge < -0.3 is 9.64 Å². The van der Waals surface area contributed by atoms with Crippen molar-refractivity contribution < 1.29 is 9.53 Å². The molecule has 3 nitrogen and oxygen atoms in total. The average Bonchev–Trinajstić information content (AvgIpc) is 3.09. The van der Waals surface area contributed by atoms with Crippen LogP contribution in [0.15, 0.2) is 0 Å². The molecule has 0 aromatic rings. The second-order valence-corrected chi connectivity index (χ2v) is 5.66. The Morgan fingerprint density at radius 1 is 1.40 bits per heavy atom. The van der Waals surface area contributed by atoms with Crippen molar-refractivity contribution in [1.82, 2.24) is 4.90 Å². The molecule has 1 heterocycles. The lowest BCUT2D eigenvalue weighted by Gasteiger charge is -2.21. The lowest BCUT2D eigenvalue weighted by molar-refractivity contribution is -0.132. The maximum absolute atomic E-state index is 12.0. The summed E-state index contributed by atoms with van der Waals surface area (Å²) in [5.41, 5.74) is 0.221. The summed E-state index contributed by atoms with van der Waals surface area (Å²) in [5, 5.41) is 0. The van der Waals surface area contributed by atoms with Crippen LogP contribution in [-0.4, -0.2) is 37.6 Å². The Morgan fingerprint density at radius 2 is 2.07 bits per heavy atom. The molecule has 2 saturated carbocycles. The minimum Gasteiger partial charge on any atom is -0.384 e. The molecule has 0 aromatic carbocycles. The number of hydrogen-bond donors (Lipinski definition) is 0. The van der Waals surface area contributed by atoms with Crippen molar-refractivity contribution in [2.45, 2.75) is 25.7 Å². The van der Waals surface area contributed by atoms with E-state index >= 15 is 0 Å². The van der Waals surface area contributed by atoms with E-state index in [0.717, 1.165) is 38.0 Å². The van der Waals surface area contributed by atoms with Crippen LogP contribution in [0.2, 0.25) is 0 Å². The highest BCUT2D eigenvalue weighted by atomic mass is 16.5. The van der Waals surface area contributed by atoms with Crippen molar-refractivity contribution in [3.63, 3.8) is 0 Å². The van der Waals surface area contributed by atoms with Gasteiger partial charge in [-0.3, -0.25) is 4.79 Å². The maximum Gasteiger partial charge on any atom is 0.223 e. The molecule has 2 unspecified atom stereocenters. The van der Waals surface area contributed by atoms with Crippen LogP contribution in [-0.2, 0) is 9.53 Å². The summed E-state index contributed by atoms with van der Waals surface area (Å²) < 4.78 is 5.19. The van der Waals surface area contributed by atoms with Gasteiger partial charge in [0.05, 0.1) is 6.61 Å². The van der Waals surface area contributed by atoms with E-state index in [1.807, 2.05) is 0 Å². The number of piperidine rings is 1. The van der Waals surface area contributed by atoms with Gasteiger partial charge in [-0.1, -0.05) is 0 Å². The first-order valence-electron chi connectivity index (χ1n) is 5.99. The highest BCUT2D eigenvalue weighted by Crippen LogP contribution is 2.50. The van der Waals surface area contributed by atoms with E-state index in [1.54, 1.807) is 7.11 Å². The van der Waals surface area contributed by atoms with Gasteiger partial charge in [0, 0.05) is 32.0 Å². The van der Waals surface area contributed by atoms with Gasteiger partial charge in [-0.25, -0.2) is 0 Å². The number of likely N-dealkylation sites (tertiary alicyclic amines) is 1. The molecule has 2 atom stereocenters. The van der Waals surface area contributed by atoms with Crippen molar-refractivity contribution in [2.75, 3.05) is 26.8 Å². The number of nitrogens with zero attached hydrogens (tertiary/aromatic N) is 1. The predicted molar refractivity (Wildman–Crippen MR) is 56.3 cm³/mol. The van der Waals surface area contributed by atoms with Gasteiger partial charge in [-0.05, 0) is 31.1 Å². The van der Waals surface area contributed by atoms with Crippen LogP contribution >= 0.6 is 0 Å². The molecule has 0 radical (unpaired) electrons. The zero-order chi connectivity index (χ0) is 10.5. The minimum atomic E-state index is 0.221. The molecule has 0 bridgehead atoms. The number of methoxy groups -OCH3 is 1. The third kappa shape index (κ3) is 1.78. The lowest BCUT2D eigenvalue weighted by atomic mass is 10.0. The number of hydrogen-bond acceptors (Lipinski definition) is 2. The van der Waals surface area contributed by atoms with E-state index < -0.39 is 0 Å². The monoisotopic (exact) mass is 209 g/mol. The summed E-state index contributed by atoms with van der Waals surface area (Å²) in [6, 6.07) is 0. The summed E-state index contributed by atoms with van der Waals surface area (Å²) in [6.45, 7) is 2.83. The van der Waals surface area contributed by atoms with Crippen LogP contribution in [0.25, 0.3) is 0 Å². The predicted octanol–water partition coefficient (Wildman–Crippen LogP) is 1.28. The SMILES string of the molecule is COCC1(CC(=O)N2CC3CC3C2)CC1. The first kappa shape index (κ1) is 9.64. The number of amides is 1. The van der Waals surface area contributed by atoms with Crippen molar-refractivity contribution in [3.8, 4) is 0 Å². The Kier molecular flexibility index (Phi) is 2.06. The van der Waals surface area contributed by atoms with E-state index in [2.05, 4.69) is 4.90 Å². The summed E-state index contributed by atoms with van der Waals surface area (Å²) in [6.07, 6.45) is 4.44. The Labute approximate surface area is 90.8 Å². The number of fused-ring (bicyclic) bond motifs is 1. The standard InChI is InChI=1S/C12H19NO2/c1-15-8-12(2-3-12)5-11(14)13-6-9-4-10(9)7-13/h9-10H,2-8H2,1H3. The number of carbonyl (C=O) groups is 1.